The van der Waals surface area contributed by atoms with Gasteiger partial charge in [0.05, 0.1) is 38.6 Å². The SMILES string of the molecule is Nc1ncnc2c1ncn2[C@@H]1O[C@@]23CO[C@@H]1[C@@H]2O[P@@](=O)(S)OC[C@@H]1C[C@@H](O[P@](=O)(S)OC3)[C@H](n2cnc3c(N)ncnc32)O1. The Kier molecular flexibility index (Phi) is 6.79. The molecule has 8 rings (SSSR count). The quantitative estimate of drug-likeness (QED) is 0.173. The number of rotatable bonds is 2. The highest BCUT2D eigenvalue weighted by atomic mass is 32.7. The Bertz CT molecular complexity index is 1880. The zero-order chi connectivity index (χ0) is 30.4. The van der Waals surface area contributed by atoms with E-state index in [2.05, 4.69) is 54.4 Å². The molecule has 19 nitrogen and oxygen atoms in total. The predicted molar refractivity (Wildman–Crippen MR) is 155 cm³/mol. The zero-order valence-electron chi connectivity index (χ0n) is 22.3. The van der Waals surface area contributed by atoms with Gasteiger partial charge >= 0.3 is 13.6 Å². The van der Waals surface area contributed by atoms with Crippen LogP contribution in [0.15, 0.2) is 25.3 Å². The van der Waals surface area contributed by atoms with Gasteiger partial charge in [0, 0.05) is 6.42 Å². The molecule has 4 N–H and O–H groups in total. The van der Waals surface area contributed by atoms with Gasteiger partial charge in [0.2, 0.25) is 0 Å². The van der Waals surface area contributed by atoms with Crippen molar-refractivity contribution in [3.8, 4) is 0 Å². The van der Waals surface area contributed by atoms with Gasteiger partial charge in [0.15, 0.2) is 35.4 Å². The normalized spacial score (nSPS) is 39.2. The molecule has 44 heavy (non-hydrogen) atoms. The van der Waals surface area contributed by atoms with Gasteiger partial charge in [-0.15, -0.1) is 0 Å². The third-order valence-electron chi connectivity index (χ3n) is 7.85. The third kappa shape index (κ3) is 4.73. The molecule has 4 fully saturated rings. The number of thiol groups is 2. The molecule has 0 amide bonds. The van der Waals surface area contributed by atoms with E-state index in [-0.39, 0.29) is 37.9 Å². The molecule has 234 valence electrons. The molecule has 4 saturated heterocycles. The van der Waals surface area contributed by atoms with E-state index >= 15 is 0 Å². The Morgan fingerprint density at radius 1 is 0.841 bits per heavy atom. The standard InChI is InChI=1S/C21H24N10O9P2S2/c22-15-11-17(26-5-24-15)30(7-28-11)19-10-1-9(37-19)2-35-41(32,43)40-14-13-20(31-8-29-12-16(23)25-6-27-18(12)31)38-21(14,3-34-13)4-36-42(33,44)39-10/h5-10,13-14,19-20H,1-4H2,(H,32,43)(H,33,44)(H2,22,24,26)(H2,23,25,27)/t9-,10+,13+,14-,19+,20+,21+,41-,42+/m0/s1. The number of anilines is 2. The van der Waals surface area contributed by atoms with Crippen LogP contribution in [0.3, 0.4) is 0 Å². The molecule has 0 radical (unpaired) electrons. The van der Waals surface area contributed by atoms with E-state index in [4.69, 9.17) is 43.8 Å². The van der Waals surface area contributed by atoms with Crippen molar-refractivity contribution in [3.63, 3.8) is 0 Å². The highest BCUT2D eigenvalue weighted by Gasteiger charge is 2.65. The highest BCUT2D eigenvalue weighted by molar-refractivity contribution is 8.44. The summed E-state index contributed by atoms with van der Waals surface area (Å²) in [6.45, 7) is -8.84. The Morgan fingerprint density at radius 2 is 1.48 bits per heavy atom. The molecule has 8 heterocycles. The van der Waals surface area contributed by atoms with Crippen molar-refractivity contribution in [2.45, 2.75) is 48.9 Å². The number of fused-ring (bicyclic) bond motifs is 4. The van der Waals surface area contributed by atoms with Crippen molar-refractivity contribution in [2.24, 2.45) is 0 Å². The summed E-state index contributed by atoms with van der Waals surface area (Å²) < 4.78 is 72.5. The lowest BCUT2D eigenvalue weighted by Crippen LogP contribution is -2.45. The molecule has 4 aromatic rings. The summed E-state index contributed by atoms with van der Waals surface area (Å²) >= 11 is 8.50. The van der Waals surface area contributed by atoms with Crippen LogP contribution in [-0.4, -0.2) is 88.9 Å². The number of nitrogens with two attached hydrogens (primary N) is 2. The third-order valence-corrected chi connectivity index (χ3v) is 11.1. The number of imidazole rings is 2. The lowest BCUT2D eigenvalue weighted by atomic mass is 10.0. The largest absolute Gasteiger partial charge is 0.386 e. The van der Waals surface area contributed by atoms with Gasteiger partial charge in [-0.05, 0) is 0 Å². The van der Waals surface area contributed by atoms with Crippen molar-refractivity contribution in [1.82, 2.24) is 39.0 Å². The Labute approximate surface area is 257 Å². The van der Waals surface area contributed by atoms with E-state index in [0.29, 0.717) is 22.3 Å². The molecule has 0 saturated carbocycles. The van der Waals surface area contributed by atoms with Crippen molar-refractivity contribution in [3.05, 3.63) is 25.3 Å². The first-order chi connectivity index (χ1) is 21.0. The van der Waals surface area contributed by atoms with E-state index < -0.39 is 56.1 Å². The summed E-state index contributed by atoms with van der Waals surface area (Å²) in [6, 6.07) is 0. The summed E-state index contributed by atoms with van der Waals surface area (Å²) in [5.41, 5.74) is 11.9. The number of nitrogens with zero attached hydrogens (tertiary/aromatic N) is 8. The Morgan fingerprint density at radius 3 is 2.16 bits per heavy atom. The molecule has 0 spiro atoms. The molecule has 9 atom stereocenters. The first-order valence-electron chi connectivity index (χ1n) is 13.1. The van der Waals surface area contributed by atoms with Crippen LogP contribution in [0.2, 0.25) is 0 Å². The van der Waals surface area contributed by atoms with Gasteiger partial charge < -0.3 is 25.7 Å². The lowest BCUT2D eigenvalue weighted by molar-refractivity contribution is -0.182. The fourth-order valence-electron chi connectivity index (χ4n) is 5.89. The van der Waals surface area contributed by atoms with Gasteiger partial charge in [-0.3, -0.25) is 27.2 Å². The van der Waals surface area contributed by atoms with Crippen molar-refractivity contribution < 1.29 is 41.4 Å². The summed E-state index contributed by atoms with van der Waals surface area (Å²) in [7, 11) is 0. The highest BCUT2D eigenvalue weighted by Crippen LogP contribution is 2.63. The maximum absolute atomic E-state index is 13.7. The molecule has 4 aliphatic heterocycles. The van der Waals surface area contributed by atoms with E-state index in [1.807, 2.05) is 0 Å². The van der Waals surface area contributed by atoms with E-state index in [0.717, 1.165) is 0 Å². The molecule has 4 aliphatic rings. The maximum Gasteiger partial charge on any atom is 0.386 e. The first kappa shape index (κ1) is 29.0. The van der Waals surface area contributed by atoms with Gasteiger partial charge in [-0.25, -0.2) is 39.0 Å². The Hall–Kier alpha value is -2.42. The van der Waals surface area contributed by atoms with Crippen LogP contribution in [-0.2, 0) is 41.4 Å². The molecule has 23 heteroatoms. The summed E-state index contributed by atoms with van der Waals surface area (Å²) in [4.78, 5) is 25.0. The molecule has 0 aromatic carbocycles. The van der Waals surface area contributed by atoms with Gasteiger partial charge in [-0.1, -0.05) is 24.5 Å². The fourth-order valence-corrected chi connectivity index (χ4v) is 8.93. The number of ether oxygens (including phenoxy) is 3. The second kappa shape index (κ2) is 10.3. The topological polar surface area (TPSA) is 238 Å². The minimum absolute atomic E-state index is 0.0654. The Balaban J connectivity index is 1.12. The number of aromatic nitrogens is 8. The predicted octanol–water partition coefficient (Wildman–Crippen LogP) is 1.68. The van der Waals surface area contributed by atoms with Gasteiger partial charge in [-0.2, -0.15) is 0 Å². The van der Waals surface area contributed by atoms with Gasteiger partial charge in [0.25, 0.3) is 0 Å². The van der Waals surface area contributed by atoms with Crippen LogP contribution in [0.1, 0.15) is 18.9 Å². The van der Waals surface area contributed by atoms with Crippen LogP contribution in [0, 0.1) is 0 Å². The minimum Gasteiger partial charge on any atom is -0.382 e. The molecule has 4 aromatic heterocycles. The van der Waals surface area contributed by atoms with Crippen LogP contribution in [0.5, 0.6) is 0 Å². The van der Waals surface area contributed by atoms with Crippen LogP contribution >= 0.6 is 38.1 Å². The van der Waals surface area contributed by atoms with Crippen molar-refractivity contribution in [2.75, 3.05) is 31.3 Å². The van der Waals surface area contributed by atoms with Gasteiger partial charge in [0.1, 0.15) is 47.6 Å². The zero-order valence-corrected chi connectivity index (χ0v) is 25.9. The number of hydrogen-bond acceptors (Lipinski definition) is 17. The van der Waals surface area contributed by atoms with Crippen LogP contribution < -0.4 is 11.5 Å². The minimum atomic E-state index is -4.10. The molecule has 0 unspecified atom stereocenters. The summed E-state index contributed by atoms with van der Waals surface area (Å²) in [5, 5.41) is 0. The van der Waals surface area contributed by atoms with E-state index in [1.54, 1.807) is 9.13 Å². The summed E-state index contributed by atoms with van der Waals surface area (Å²) in [6.07, 6.45) is 0.376. The molecular formula is C21H24N10O9P2S2. The van der Waals surface area contributed by atoms with E-state index in [9.17, 15) is 9.13 Å². The van der Waals surface area contributed by atoms with Crippen molar-refractivity contribution >= 4 is 72.1 Å². The maximum atomic E-state index is 13.7. The summed E-state index contributed by atoms with van der Waals surface area (Å²) in [5.74, 6) is 0.345. The number of nitrogen functional groups attached to an aromatic ring is 2. The van der Waals surface area contributed by atoms with Crippen LogP contribution in [0.25, 0.3) is 22.3 Å². The molecule has 0 aliphatic carbocycles. The first-order valence-corrected chi connectivity index (χ1v) is 18.5. The lowest BCUT2D eigenvalue weighted by Gasteiger charge is -2.32. The van der Waals surface area contributed by atoms with E-state index in [1.165, 1.54) is 25.3 Å². The molecule has 4 bridgehead atoms. The number of hydrogen-bond donors (Lipinski definition) is 4. The van der Waals surface area contributed by atoms with Crippen molar-refractivity contribution in [1.29, 1.82) is 0 Å². The van der Waals surface area contributed by atoms with Crippen LogP contribution in [0.4, 0.5) is 11.6 Å². The second-order valence-corrected chi connectivity index (χ2v) is 16.3. The smallest absolute Gasteiger partial charge is 0.382 e. The average molecular weight is 687 g/mol. The molecular weight excluding hydrogens is 662 g/mol. The average Bonchev–Trinajstić information content (AvgIpc) is 3.79. The fraction of sp³-hybridized carbons (Fsp3) is 0.524. The second-order valence-electron chi connectivity index (χ2n) is 10.6. The monoisotopic (exact) mass is 686 g/mol.